The second-order valence-corrected chi connectivity index (χ2v) is 19.2. The summed E-state index contributed by atoms with van der Waals surface area (Å²) in [6, 6.07) is 7.55. The third-order valence-corrected chi connectivity index (χ3v) is 15.4. The van der Waals surface area contributed by atoms with Crippen LogP contribution in [0.3, 0.4) is 0 Å². The molecule has 6 aliphatic rings. The van der Waals surface area contributed by atoms with E-state index in [1.165, 1.54) is 0 Å². The monoisotopic (exact) mass is 885 g/mol. The van der Waals surface area contributed by atoms with Crippen molar-refractivity contribution in [2.75, 3.05) is 47.3 Å². The van der Waals surface area contributed by atoms with Crippen LogP contribution >= 0.6 is 0 Å². The molecule has 0 aromatic heterocycles. The van der Waals surface area contributed by atoms with Gasteiger partial charge in [-0.05, 0) is 140 Å². The van der Waals surface area contributed by atoms with E-state index in [1.807, 2.05) is 52.0 Å². The Labute approximate surface area is 375 Å². The average Bonchev–Trinajstić information content (AvgIpc) is 3.85. The van der Waals surface area contributed by atoms with Crippen LogP contribution in [0.2, 0.25) is 0 Å². The van der Waals surface area contributed by atoms with Crippen molar-refractivity contribution in [2.45, 2.75) is 172 Å². The van der Waals surface area contributed by atoms with E-state index >= 15 is 4.79 Å². The van der Waals surface area contributed by atoms with Crippen LogP contribution in [-0.4, -0.2) is 143 Å². The maximum atomic E-state index is 15.2. The standard InChI is InChI=1S/C49H76N2O12/c1-11-30-14-13-15-39(63-41-21-20-38(51(6)7)27(4)59-41)26(3)44(53)37-24-34-33-22-32(62-49-48(57-10)47(56-9)46(55-8)28(5)60-49)23-36(33)45(54)43(42(34)35(37)25-40(52)61-30)50-29-16-18-31(19-17-29)58-12-2/h16-19,24,26-28,30,32-36,38-39,41-43,45-50,54H,11-15,20-23,25H2,1-10H3/t26-,27?,28?,30+,32+,33+,34+,35-,36-,38+,39+,41+,42-,43-,45-,46+,47?,48+,49+/m1/s1. The lowest BCUT2D eigenvalue weighted by molar-refractivity contribution is -0.314. The maximum Gasteiger partial charge on any atom is 0.306 e. The highest BCUT2D eigenvalue weighted by Crippen LogP contribution is 2.57. The molecule has 0 amide bonds. The number of esters is 1. The van der Waals surface area contributed by atoms with Crippen molar-refractivity contribution >= 4 is 17.4 Å². The quantitative estimate of drug-likeness (QED) is 0.217. The molecule has 14 heteroatoms. The Morgan fingerprint density at radius 2 is 1.56 bits per heavy atom. The number of ketones is 1. The fraction of sp³-hybridized carbons (Fsp3) is 0.796. The Morgan fingerprint density at radius 3 is 2.21 bits per heavy atom. The van der Waals surface area contributed by atoms with Gasteiger partial charge in [0.05, 0.1) is 49.6 Å². The first-order valence-corrected chi connectivity index (χ1v) is 23.8. The molecule has 354 valence electrons. The first-order chi connectivity index (χ1) is 30.3. The summed E-state index contributed by atoms with van der Waals surface area (Å²) in [5, 5.41) is 16.4. The number of anilines is 1. The number of hydrogen-bond acceptors (Lipinski definition) is 14. The molecule has 3 unspecified atom stereocenters. The number of rotatable bonds is 13. The van der Waals surface area contributed by atoms with Crippen molar-refractivity contribution in [3.05, 3.63) is 35.9 Å². The van der Waals surface area contributed by atoms with E-state index in [0.717, 1.165) is 30.7 Å². The number of likely N-dealkylation sites (N-methyl/N-ethyl adjacent to an activating group) is 1. The minimum absolute atomic E-state index is 0.0135. The number of carbonyl (C=O) groups excluding carboxylic acids is 2. The van der Waals surface area contributed by atoms with E-state index in [0.29, 0.717) is 50.3 Å². The number of aliphatic hydroxyl groups excluding tert-OH is 1. The molecule has 1 aromatic carbocycles. The van der Waals surface area contributed by atoms with Gasteiger partial charge < -0.3 is 58.0 Å². The zero-order valence-corrected chi connectivity index (χ0v) is 39.3. The van der Waals surface area contributed by atoms with Gasteiger partial charge in [-0.1, -0.05) is 19.9 Å². The zero-order chi connectivity index (χ0) is 45.1. The number of fused-ring (bicyclic) bond motifs is 5. The fourth-order valence-electron chi connectivity index (χ4n) is 12.2. The number of methoxy groups -OCH3 is 3. The molecular weight excluding hydrogens is 809 g/mol. The molecule has 0 spiro atoms. The van der Waals surface area contributed by atoms with E-state index in [9.17, 15) is 9.90 Å². The van der Waals surface area contributed by atoms with Gasteiger partial charge in [0.15, 0.2) is 18.4 Å². The molecule has 0 radical (unpaired) electrons. The van der Waals surface area contributed by atoms with Crippen LogP contribution in [0.5, 0.6) is 5.75 Å². The summed E-state index contributed by atoms with van der Waals surface area (Å²) >= 11 is 0. The second-order valence-electron chi connectivity index (χ2n) is 19.2. The number of nitrogens with one attached hydrogen (secondary N) is 1. The largest absolute Gasteiger partial charge is 0.494 e. The van der Waals surface area contributed by atoms with Crippen LogP contribution in [0.15, 0.2) is 35.9 Å². The van der Waals surface area contributed by atoms with Gasteiger partial charge in [-0.15, -0.1) is 0 Å². The molecule has 5 fully saturated rings. The molecule has 63 heavy (non-hydrogen) atoms. The first-order valence-electron chi connectivity index (χ1n) is 23.8. The van der Waals surface area contributed by atoms with Crippen molar-refractivity contribution in [2.24, 2.45) is 35.5 Å². The van der Waals surface area contributed by atoms with Gasteiger partial charge in [0, 0.05) is 44.9 Å². The number of ether oxygens (including phenoxy) is 9. The molecule has 3 aliphatic heterocycles. The Hall–Kier alpha value is -2.66. The lowest BCUT2D eigenvalue weighted by Crippen LogP contribution is -2.59. The van der Waals surface area contributed by atoms with Gasteiger partial charge in [0.1, 0.15) is 30.2 Å². The highest BCUT2D eigenvalue weighted by Gasteiger charge is 2.60. The molecule has 3 heterocycles. The van der Waals surface area contributed by atoms with E-state index in [-0.39, 0.29) is 78.5 Å². The van der Waals surface area contributed by atoms with Gasteiger partial charge in [0.2, 0.25) is 0 Å². The van der Waals surface area contributed by atoms with Gasteiger partial charge in [0.25, 0.3) is 0 Å². The summed E-state index contributed by atoms with van der Waals surface area (Å²) in [6.07, 6.45) is 3.36. The van der Waals surface area contributed by atoms with Crippen molar-refractivity contribution < 1.29 is 57.3 Å². The molecule has 14 nitrogen and oxygen atoms in total. The zero-order valence-electron chi connectivity index (χ0n) is 39.3. The molecule has 19 atom stereocenters. The van der Waals surface area contributed by atoms with E-state index in [2.05, 4.69) is 37.3 Å². The first kappa shape index (κ1) is 48.3. The number of carbonyl (C=O) groups is 2. The Morgan fingerprint density at radius 1 is 0.841 bits per heavy atom. The molecule has 3 saturated heterocycles. The number of Topliss-reactive ketones (excluding diaryl/α,β-unsaturated/α-hetero) is 1. The minimum Gasteiger partial charge on any atom is -0.494 e. The number of hydrogen-bond donors (Lipinski definition) is 2. The molecule has 0 bridgehead atoms. The van der Waals surface area contributed by atoms with Gasteiger partial charge in [-0.25, -0.2) is 0 Å². The van der Waals surface area contributed by atoms with Gasteiger partial charge in [-0.2, -0.15) is 0 Å². The van der Waals surface area contributed by atoms with Crippen molar-refractivity contribution in [1.82, 2.24) is 4.90 Å². The second kappa shape index (κ2) is 21.3. The lowest BCUT2D eigenvalue weighted by atomic mass is 9.62. The summed E-state index contributed by atoms with van der Waals surface area (Å²) in [4.78, 5) is 31.5. The van der Waals surface area contributed by atoms with Gasteiger partial charge >= 0.3 is 5.97 Å². The Bertz CT molecular complexity index is 1690. The number of aliphatic hydroxyl groups is 1. The van der Waals surface area contributed by atoms with Crippen molar-refractivity contribution in [3.8, 4) is 5.75 Å². The number of allylic oxidation sites excluding steroid dienone is 2. The summed E-state index contributed by atoms with van der Waals surface area (Å²) < 4.78 is 56.0. The van der Waals surface area contributed by atoms with E-state index in [1.54, 1.807) is 21.3 Å². The third-order valence-electron chi connectivity index (χ3n) is 15.4. The fourth-order valence-corrected chi connectivity index (χ4v) is 12.2. The maximum absolute atomic E-state index is 15.2. The molecule has 1 aromatic rings. The van der Waals surface area contributed by atoms with E-state index in [4.69, 9.17) is 42.6 Å². The Balaban J connectivity index is 1.21. The highest BCUT2D eigenvalue weighted by molar-refractivity contribution is 5.99. The lowest BCUT2D eigenvalue weighted by Gasteiger charge is -2.47. The number of cyclic esters (lactones) is 1. The van der Waals surface area contributed by atoms with Gasteiger partial charge in [-0.3, -0.25) is 9.59 Å². The normalized spacial score (nSPS) is 42.3. The minimum atomic E-state index is -0.820. The summed E-state index contributed by atoms with van der Waals surface area (Å²) in [6.45, 7) is 10.6. The summed E-state index contributed by atoms with van der Waals surface area (Å²) in [5.74, 6) is -1.19. The molecule has 7 rings (SSSR count). The van der Waals surface area contributed by atoms with Crippen LogP contribution in [0.1, 0.15) is 92.4 Å². The third kappa shape index (κ3) is 10.3. The Kier molecular flexibility index (Phi) is 16.3. The number of benzene rings is 1. The SMILES string of the molecule is CCOc1ccc(N[C@H]2[C@H](O)[C@@H]3C[C@@H](O[C@@H]4OC(C)[C@H](OC)C(OC)[C@@H]4OC)C[C@H]3[C@@H]3C=C4C(=O)[C@H](C)[C@@H](O[C@H]5CC[C@H](N(C)C)C(C)O5)CCC[C@H](CC)OC(=O)C[C@H]4[C@@H]32)cc1. The predicted octanol–water partition coefficient (Wildman–Crippen LogP) is 6.17. The van der Waals surface area contributed by atoms with Crippen LogP contribution in [0.25, 0.3) is 0 Å². The molecule has 2 saturated carbocycles. The van der Waals surface area contributed by atoms with Crippen LogP contribution < -0.4 is 10.1 Å². The molecule has 3 aliphatic carbocycles. The number of nitrogens with zero attached hydrogens (tertiary/aromatic N) is 1. The smallest absolute Gasteiger partial charge is 0.306 e. The van der Waals surface area contributed by atoms with Crippen LogP contribution in [0, 0.1) is 35.5 Å². The van der Waals surface area contributed by atoms with Crippen LogP contribution in [0.4, 0.5) is 5.69 Å². The molecular formula is C49H76N2O12. The topological polar surface area (TPSA) is 153 Å². The average molecular weight is 885 g/mol. The van der Waals surface area contributed by atoms with Crippen LogP contribution in [-0.2, 0) is 47.5 Å². The predicted molar refractivity (Wildman–Crippen MR) is 236 cm³/mol. The summed E-state index contributed by atoms with van der Waals surface area (Å²) in [5.41, 5.74) is 1.45. The van der Waals surface area contributed by atoms with E-state index < -0.39 is 48.8 Å². The van der Waals surface area contributed by atoms with Crippen molar-refractivity contribution in [1.29, 1.82) is 0 Å². The highest BCUT2D eigenvalue weighted by atomic mass is 16.7. The summed E-state index contributed by atoms with van der Waals surface area (Å²) in [7, 11) is 9.05. The molecule has 2 N–H and O–H groups in total. The van der Waals surface area contributed by atoms with Crippen molar-refractivity contribution in [3.63, 3.8) is 0 Å².